The van der Waals surface area contributed by atoms with Crippen molar-refractivity contribution in [2.75, 3.05) is 23.8 Å². The Morgan fingerprint density at radius 1 is 1.03 bits per heavy atom. The average Bonchev–Trinajstić information content (AvgIpc) is 3.27. The molecule has 3 amide bonds. The molecule has 1 aliphatic rings. The molecule has 1 heterocycles. The Balaban J connectivity index is 1.35. The molecule has 1 atom stereocenters. The Kier molecular flexibility index (Phi) is 7.93. The lowest BCUT2D eigenvalue weighted by Crippen LogP contribution is -2.48. The number of urea groups is 1. The van der Waals surface area contributed by atoms with Crippen LogP contribution in [0.4, 0.5) is 20.6 Å². The van der Waals surface area contributed by atoms with Gasteiger partial charge in [0.1, 0.15) is 12.4 Å². The van der Waals surface area contributed by atoms with Crippen molar-refractivity contribution in [2.45, 2.75) is 25.1 Å². The number of hydrogen-bond acceptors (Lipinski definition) is 4. The lowest BCUT2D eigenvalue weighted by atomic mass is 10.1. The zero-order chi connectivity index (χ0) is 26.4. The molecule has 8 nitrogen and oxygen atoms in total. The number of carboxylic acid groups (broad SMARTS) is 1. The number of aromatic carboxylic acids is 1. The van der Waals surface area contributed by atoms with Crippen molar-refractivity contribution >= 4 is 40.9 Å². The quantitative estimate of drug-likeness (QED) is 0.332. The van der Waals surface area contributed by atoms with Crippen LogP contribution in [0.5, 0.6) is 5.75 Å². The molecular formula is C27H25ClFN3O5. The molecule has 37 heavy (non-hydrogen) atoms. The maximum absolute atomic E-state index is 15.7. The number of rotatable bonds is 8. The van der Waals surface area contributed by atoms with Gasteiger partial charge in [-0.25, -0.2) is 14.0 Å². The highest BCUT2D eigenvalue weighted by Gasteiger charge is 2.44. The first-order chi connectivity index (χ1) is 17.7. The van der Waals surface area contributed by atoms with Crippen LogP contribution >= 0.6 is 11.6 Å². The molecule has 0 saturated carbocycles. The van der Waals surface area contributed by atoms with Gasteiger partial charge in [-0.2, -0.15) is 0 Å². The zero-order valence-corrected chi connectivity index (χ0v) is 20.5. The molecule has 0 aliphatic carbocycles. The summed E-state index contributed by atoms with van der Waals surface area (Å²) in [6.45, 7) is -0.116. The van der Waals surface area contributed by atoms with E-state index in [9.17, 15) is 14.4 Å². The summed E-state index contributed by atoms with van der Waals surface area (Å²) in [6.07, 6.45) is 0.547. The Morgan fingerprint density at radius 3 is 2.43 bits per heavy atom. The first-order valence-electron chi connectivity index (χ1n) is 11.6. The fourth-order valence-electron chi connectivity index (χ4n) is 4.08. The number of alkyl halides is 1. The molecule has 0 spiro atoms. The number of carboxylic acids is 1. The lowest BCUT2D eigenvalue weighted by molar-refractivity contribution is -0.144. The number of halogens is 2. The van der Waals surface area contributed by atoms with Crippen molar-refractivity contribution in [1.29, 1.82) is 0 Å². The Bertz CT molecular complexity index is 1290. The van der Waals surface area contributed by atoms with Crippen LogP contribution in [0.15, 0.2) is 72.8 Å². The Labute approximate surface area is 218 Å². The number of ether oxygens (including phenoxy) is 1. The standard InChI is InChI=1S/C27H25ClFN3O5/c28-22-15-18(7-12-23(22)31-26(36)30-20-5-2-1-3-6-20)16-24(33)32-14-4-13-27(32,29)17-37-21-10-8-19(9-11-21)25(34)35/h1-3,5-12,15H,4,13-14,16-17H2,(H,34,35)(H2,30,31,36)/t27-/m1/s1. The van der Waals surface area contributed by atoms with Crippen LogP contribution < -0.4 is 15.4 Å². The summed E-state index contributed by atoms with van der Waals surface area (Å²) in [5.41, 5.74) is 1.66. The zero-order valence-electron chi connectivity index (χ0n) is 19.7. The predicted octanol–water partition coefficient (Wildman–Crippen LogP) is 5.59. The summed E-state index contributed by atoms with van der Waals surface area (Å²) >= 11 is 6.33. The van der Waals surface area contributed by atoms with Crippen LogP contribution in [0.1, 0.15) is 28.8 Å². The maximum Gasteiger partial charge on any atom is 0.335 e. The van der Waals surface area contributed by atoms with Crippen LogP contribution in [-0.4, -0.2) is 46.9 Å². The second kappa shape index (κ2) is 11.3. The topological polar surface area (TPSA) is 108 Å². The van der Waals surface area contributed by atoms with E-state index in [0.29, 0.717) is 29.1 Å². The molecule has 10 heteroatoms. The number of nitrogens with one attached hydrogen (secondary N) is 2. The highest BCUT2D eigenvalue weighted by atomic mass is 35.5. The highest BCUT2D eigenvalue weighted by Crippen LogP contribution is 2.33. The molecule has 3 N–H and O–H groups in total. The smallest absolute Gasteiger partial charge is 0.335 e. The molecule has 0 unspecified atom stereocenters. The number of anilines is 2. The van der Waals surface area contributed by atoms with Crippen molar-refractivity contribution in [1.82, 2.24) is 4.90 Å². The molecule has 0 aromatic heterocycles. The van der Waals surface area contributed by atoms with Crippen LogP contribution in [0.25, 0.3) is 0 Å². The van der Waals surface area contributed by atoms with Gasteiger partial charge in [-0.15, -0.1) is 0 Å². The number of carbonyl (C=O) groups excluding carboxylic acids is 2. The second-order valence-corrected chi connectivity index (χ2v) is 9.03. The number of hydrogen-bond donors (Lipinski definition) is 3. The third-order valence-electron chi connectivity index (χ3n) is 5.96. The summed E-state index contributed by atoms with van der Waals surface area (Å²) in [5, 5.41) is 14.6. The van der Waals surface area contributed by atoms with E-state index in [4.69, 9.17) is 21.4 Å². The molecule has 0 radical (unpaired) electrons. The maximum atomic E-state index is 15.7. The van der Waals surface area contributed by atoms with E-state index in [1.165, 1.54) is 29.2 Å². The van der Waals surface area contributed by atoms with Crippen molar-refractivity contribution in [2.24, 2.45) is 0 Å². The van der Waals surface area contributed by atoms with Crippen LogP contribution in [-0.2, 0) is 11.2 Å². The number of nitrogens with zero attached hydrogens (tertiary/aromatic N) is 1. The number of benzene rings is 3. The minimum Gasteiger partial charge on any atom is -0.488 e. The number of likely N-dealkylation sites (tertiary alicyclic amines) is 1. The van der Waals surface area contributed by atoms with Gasteiger partial charge in [-0.3, -0.25) is 4.79 Å². The van der Waals surface area contributed by atoms with Gasteiger partial charge in [-0.1, -0.05) is 35.9 Å². The molecule has 1 saturated heterocycles. The van der Waals surface area contributed by atoms with Gasteiger partial charge < -0.3 is 25.4 Å². The van der Waals surface area contributed by atoms with E-state index in [1.807, 2.05) is 6.07 Å². The minimum absolute atomic E-state index is 0.0742. The average molecular weight is 526 g/mol. The summed E-state index contributed by atoms with van der Waals surface area (Å²) in [4.78, 5) is 37.4. The van der Waals surface area contributed by atoms with Crippen LogP contribution in [0.3, 0.4) is 0 Å². The van der Waals surface area contributed by atoms with Crippen LogP contribution in [0, 0.1) is 0 Å². The van der Waals surface area contributed by atoms with E-state index in [1.54, 1.807) is 42.5 Å². The summed E-state index contributed by atoms with van der Waals surface area (Å²) in [5.74, 6) is -3.15. The van der Waals surface area contributed by atoms with Gasteiger partial charge in [0.05, 0.1) is 22.7 Å². The normalized spacial score (nSPS) is 16.8. The molecule has 3 aromatic rings. The minimum atomic E-state index is -1.98. The van der Waals surface area contributed by atoms with Crippen molar-refractivity contribution < 1.29 is 28.6 Å². The molecule has 0 bridgehead atoms. The molecular weight excluding hydrogens is 501 g/mol. The van der Waals surface area contributed by atoms with Gasteiger partial charge in [0.25, 0.3) is 0 Å². The van der Waals surface area contributed by atoms with Crippen molar-refractivity contribution in [3.63, 3.8) is 0 Å². The molecule has 1 aliphatic heterocycles. The Morgan fingerprint density at radius 2 is 1.76 bits per heavy atom. The van der Waals surface area contributed by atoms with E-state index in [-0.39, 0.29) is 36.6 Å². The number of carbonyl (C=O) groups is 3. The number of para-hydroxylation sites is 1. The first kappa shape index (κ1) is 26.0. The largest absolute Gasteiger partial charge is 0.488 e. The summed E-state index contributed by atoms with van der Waals surface area (Å²) in [7, 11) is 0. The second-order valence-electron chi connectivity index (χ2n) is 8.62. The van der Waals surface area contributed by atoms with Crippen LogP contribution in [0.2, 0.25) is 5.02 Å². The van der Waals surface area contributed by atoms with E-state index in [0.717, 1.165) is 0 Å². The summed E-state index contributed by atoms with van der Waals surface area (Å²) in [6, 6.07) is 18.9. The molecule has 4 rings (SSSR count). The molecule has 1 fully saturated rings. The van der Waals surface area contributed by atoms with Crippen molar-refractivity contribution in [3.8, 4) is 5.75 Å². The number of amides is 3. The van der Waals surface area contributed by atoms with E-state index < -0.39 is 23.7 Å². The molecule has 3 aromatic carbocycles. The van der Waals surface area contributed by atoms with Gasteiger partial charge in [0, 0.05) is 18.7 Å². The summed E-state index contributed by atoms with van der Waals surface area (Å²) < 4.78 is 21.2. The van der Waals surface area contributed by atoms with Crippen molar-refractivity contribution in [3.05, 3.63) is 88.9 Å². The van der Waals surface area contributed by atoms with Gasteiger partial charge in [0.2, 0.25) is 11.7 Å². The Hall–Kier alpha value is -4.11. The third kappa shape index (κ3) is 6.56. The van der Waals surface area contributed by atoms with Gasteiger partial charge in [-0.05, 0) is 60.5 Å². The van der Waals surface area contributed by atoms with E-state index >= 15 is 4.39 Å². The predicted molar refractivity (Wildman–Crippen MR) is 138 cm³/mol. The SMILES string of the molecule is O=C(Nc1ccccc1)Nc1ccc(CC(=O)N2CCC[C@]2(F)COc2ccc(C(=O)O)cc2)cc1Cl. The fourth-order valence-corrected chi connectivity index (χ4v) is 4.33. The highest BCUT2D eigenvalue weighted by molar-refractivity contribution is 6.33. The van der Waals surface area contributed by atoms with Gasteiger partial charge >= 0.3 is 12.0 Å². The first-order valence-corrected chi connectivity index (χ1v) is 12.0. The van der Waals surface area contributed by atoms with E-state index in [2.05, 4.69) is 10.6 Å². The fraction of sp³-hybridized carbons (Fsp3) is 0.222. The van der Waals surface area contributed by atoms with Gasteiger partial charge in [0.15, 0.2) is 0 Å². The lowest BCUT2D eigenvalue weighted by Gasteiger charge is -2.31. The molecule has 192 valence electrons. The third-order valence-corrected chi connectivity index (χ3v) is 6.27. The monoisotopic (exact) mass is 525 g/mol.